The zero-order valence-electron chi connectivity index (χ0n) is 10.6. The van der Waals surface area contributed by atoms with Crippen molar-refractivity contribution in [2.75, 3.05) is 26.7 Å². The first-order chi connectivity index (χ1) is 7.66. The lowest BCUT2D eigenvalue weighted by atomic mass is 9.85. The molecule has 1 unspecified atom stereocenters. The Morgan fingerprint density at radius 1 is 1.31 bits per heavy atom. The standard InChI is InChI=1S/C13H24N2O/c1-11-5-4-8-15(9-11)13(16)14(2)10-12-6-3-7-12/h11-12H,3-10H2,1-2H3. The Bertz CT molecular complexity index is 250. The van der Waals surface area contributed by atoms with Gasteiger partial charge in [-0.2, -0.15) is 0 Å². The van der Waals surface area contributed by atoms with Crippen molar-refractivity contribution in [2.45, 2.75) is 39.0 Å². The van der Waals surface area contributed by atoms with E-state index in [9.17, 15) is 4.79 Å². The Morgan fingerprint density at radius 3 is 2.62 bits per heavy atom. The molecule has 1 heterocycles. The predicted molar refractivity (Wildman–Crippen MR) is 65.3 cm³/mol. The minimum Gasteiger partial charge on any atom is -0.327 e. The Balaban J connectivity index is 1.80. The maximum Gasteiger partial charge on any atom is 0.319 e. The summed E-state index contributed by atoms with van der Waals surface area (Å²) in [4.78, 5) is 16.1. The molecule has 1 aliphatic carbocycles. The van der Waals surface area contributed by atoms with E-state index in [-0.39, 0.29) is 6.03 Å². The SMILES string of the molecule is CC1CCCN(C(=O)N(C)CC2CCC2)C1. The van der Waals surface area contributed by atoms with E-state index in [4.69, 9.17) is 0 Å². The highest BCUT2D eigenvalue weighted by Crippen LogP contribution is 2.27. The second kappa shape index (κ2) is 5.07. The Labute approximate surface area is 98.8 Å². The van der Waals surface area contributed by atoms with Gasteiger partial charge < -0.3 is 9.80 Å². The summed E-state index contributed by atoms with van der Waals surface area (Å²) in [6.07, 6.45) is 6.43. The van der Waals surface area contributed by atoms with E-state index in [0.717, 1.165) is 25.6 Å². The van der Waals surface area contributed by atoms with Crippen LogP contribution in [-0.4, -0.2) is 42.5 Å². The Kier molecular flexibility index (Phi) is 3.72. The molecule has 92 valence electrons. The van der Waals surface area contributed by atoms with E-state index in [1.54, 1.807) is 0 Å². The summed E-state index contributed by atoms with van der Waals surface area (Å²) in [6, 6.07) is 0.249. The number of likely N-dealkylation sites (tertiary alicyclic amines) is 1. The monoisotopic (exact) mass is 224 g/mol. The molecule has 1 saturated carbocycles. The van der Waals surface area contributed by atoms with Gasteiger partial charge in [-0.05, 0) is 37.5 Å². The average Bonchev–Trinajstić information content (AvgIpc) is 2.22. The highest BCUT2D eigenvalue weighted by molar-refractivity contribution is 5.74. The Hall–Kier alpha value is -0.730. The van der Waals surface area contributed by atoms with Crippen LogP contribution in [0.25, 0.3) is 0 Å². The van der Waals surface area contributed by atoms with Crippen LogP contribution in [0.5, 0.6) is 0 Å². The van der Waals surface area contributed by atoms with Gasteiger partial charge in [-0.15, -0.1) is 0 Å². The number of hydrogen-bond acceptors (Lipinski definition) is 1. The molecule has 3 nitrogen and oxygen atoms in total. The van der Waals surface area contributed by atoms with Crippen molar-refractivity contribution in [3.63, 3.8) is 0 Å². The molecule has 1 saturated heterocycles. The Morgan fingerprint density at radius 2 is 2.06 bits per heavy atom. The smallest absolute Gasteiger partial charge is 0.319 e. The molecule has 0 bridgehead atoms. The molecular weight excluding hydrogens is 200 g/mol. The van der Waals surface area contributed by atoms with Crippen molar-refractivity contribution in [1.82, 2.24) is 9.80 Å². The molecule has 0 N–H and O–H groups in total. The van der Waals surface area contributed by atoms with Gasteiger partial charge in [-0.1, -0.05) is 13.3 Å². The molecule has 1 atom stereocenters. The summed E-state index contributed by atoms with van der Waals surface area (Å²) < 4.78 is 0. The lowest BCUT2D eigenvalue weighted by Crippen LogP contribution is -2.47. The van der Waals surface area contributed by atoms with E-state index >= 15 is 0 Å². The van der Waals surface area contributed by atoms with Crippen LogP contribution in [0, 0.1) is 11.8 Å². The third-order valence-corrected chi connectivity index (χ3v) is 4.01. The van der Waals surface area contributed by atoms with Crippen molar-refractivity contribution in [3.8, 4) is 0 Å². The molecule has 0 radical (unpaired) electrons. The number of nitrogens with zero attached hydrogens (tertiary/aromatic N) is 2. The molecule has 16 heavy (non-hydrogen) atoms. The number of amides is 2. The highest BCUT2D eigenvalue weighted by Gasteiger charge is 2.26. The average molecular weight is 224 g/mol. The lowest BCUT2D eigenvalue weighted by molar-refractivity contribution is 0.126. The van der Waals surface area contributed by atoms with Gasteiger partial charge in [0.05, 0.1) is 0 Å². The van der Waals surface area contributed by atoms with Gasteiger partial charge in [-0.3, -0.25) is 0 Å². The number of rotatable bonds is 2. The van der Waals surface area contributed by atoms with E-state index in [0.29, 0.717) is 5.92 Å². The van der Waals surface area contributed by atoms with Crippen LogP contribution in [0.3, 0.4) is 0 Å². The molecule has 0 aromatic carbocycles. The van der Waals surface area contributed by atoms with Gasteiger partial charge in [-0.25, -0.2) is 4.79 Å². The van der Waals surface area contributed by atoms with Gasteiger partial charge in [0.1, 0.15) is 0 Å². The van der Waals surface area contributed by atoms with Crippen LogP contribution in [0.2, 0.25) is 0 Å². The lowest BCUT2D eigenvalue weighted by Gasteiger charge is -2.36. The summed E-state index contributed by atoms with van der Waals surface area (Å²) in [5, 5.41) is 0. The van der Waals surface area contributed by atoms with Crippen molar-refractivity contribution < 1.29 is 4.79 Å². The van der Waals surface area contributed by atoms with Crippen molar-refractivity contribution in [2.24, 2.45) is 11.8 Å². The number of urea groups is 1. The molecule has 3 heteroatoms. The van der Waals surface area contributed by atoms with Gasteiger partial charge in [0.25, 0.3) is 0 Å². The number of piperidine rings is 1. The predicted octanol–water partition coefficient (Wildman–Crippen LogP) is 2.57. The largest absolute Gasteiger partial charge is 0.327 e. The van der Waals surface area contributed by atoms with Crippen LogP contribution in [0.4, 0.5) is 4.79 Å². The summed E-state index contributed by atoms with van der Waals surface area (Å²) >= 11 is 0. The molecule has 0 aromatic rings. The maximum atomic E-state index is 12.2. The third-order valence-electron chi connectivity index (χ3n) is 4.01. The van der Waals surface area contributed by atoms with Gasteiger partial charge in [0, 0.05) is 26.7 Å². The van der Waals surface area contributed by atoms with Crippen molar-refractivity contribution in [3.05, 3.63) is 0 Å². The van der Waals surface area contributed by atoms with Crippen LogP contribution in [-0.2, 0) is 0 Å². The maximum absolute atomic E-state index is 12.2. The second-order valence-electron chi connectivity index (χ2n) is 5.65. The van der Waals surface area contributed by atoms with Crippen LogP contribution < -0.4 is 0 Å². The summed E-state index contributed by atoms with van der Waals surface area (Å²) in [5.41, 5.74) is 0. The zero-order valence-corrected chi connectivity index (χ0v) is 10.6. The first-order valence-corrected chi connectivity index (χ1v) is 6.67. The molecule has 0 aromatic heterocycles. The molecule has 0 spiro atoms. The second-order valence-corrected chi connectivity index (χ2v) is 5.65. The van der Waals surface area contributed by atoms with Crippen molar-refractivity contribution >= 4 is 6.03 Å². The van der Waals surface area contributed by atoms with Crippen LogP contribution in [0.1, 0.15) is 39.0 Å². The number of hydrogen-bond donors (Lipinski definition) is 0. The highest BCUT2D eigenvalue weighted by atomic mass is 16.2. The van der Waals surface area contributed by atoms with E-state index in [1.807, 2.05) is 16.8 Å². The summed E-state index contributed by atoms with van der Waals surface area (Å²) in [6.45, 7) is 5.11. The van der Waals surface area contributed by atoms with Gasteiger partial charge in [0.15, 0.2) is 0 Å². The van der Waals surface area contributed by atoms with Gasteiger partial charge in [0.2, 0.25) is 0 Å². The molecule has 1 aliphatic heterocycles. The van der Waals surface area contributed by atoms with Crippen molar-refractivity contribution in [1.29, 1.82) is 0 Å². The van der Waals surface area contributed by atoms with Gasteiger partial charge >= 0.3 is 6.03 Å². The summed E-state index contributed by atoms with van der Waals surface area (Å²) in [7, 11) is 1.96. The molecule has 2 aliphatic rings. The fraction of sp³-hybridized carbons (Fsp3) is 0.923. The minimum atomic E-state index is 0.249. The fourth-order valence-electron chi connectivity index (χ4n) is 2.75. The van der Waals surface area contributed by atoms with Crippen LogP contribution >= 0.6 is 0 Å². The first-order valence-electron chi connectivity index (χ1n) is 6.67. The fourth-order valence-corrected chi connectivity index (χ4v) is 2.75. The van der Waals surface area contributed by atoms with E-state index in [2.05, 4.69) is 6.92 Å². The van der Waals surface area contributed by atoms with E-state index in [1.165, 1.54) is 32.1 Å². The number of carbonyl (C=O) groups is 1. The molecule has 2 rings (SSSR count). The third kappa shape index (κ3) is 2.69. The summed E-state index contributed by atoms with van der Waals surface area (Å²) in [5.74, 6) is 1.45. The normalized spacial score (nSPS) is 26.4. The molecule has 2 fully saturated rings. The topological polar surface area (TPSA) is 23.6 Å². The quantitative estimate of drug-likeness (QED) is 0.707. The molecular formula is C13H24N2O. The number of carbonyl (C=O) groups excluding carboxylic acids is 1. The zero-order chi connectivity index (χ0) is 11.5. The van der Waals surface area contributed by atoms with E-state index < -0.39 is 0 Å². The van der Waals surface area contributed by atoms with Crippen LogP contribution in [0.15, 0.2) is 0 Å². The minimum absolute atomic E-state index is 0.249. The first kappa shape index (κ1) is 11.7. The molecule has 2 amide bonds.